The SMILES string of the molecule is C[C@@H]1C(=O)NCC2N(C(=O)c3ccc(OC(F)F)cc3)CCC(=O)N21. The van der Waals surface area contributed by atoms with Crippen molar-refractivity contribution in [1.82, 2.24) is 15.1 Å². The molecule has 2 aliphatic heterocycles. The maximum absolute atomic E-state index is 12.8. The first-order valence-electron chi connectivity index (χ1n) is 7.83. The molecule has 3 amide bonds. The van der Waals surface area contributed by atoms with Crippen LogP contribution in [0, 0.1) is 0 Å². The largest absolute Gasteiger partial charge is 0.435 e. The fourth-order valence-electron chi connectivity index (χ4n) is 3.14. The van der Waals surface area contributed by atoms with Crippen LogP contribution in [-0.4, -0.2) is 59.4 Å². The number of nitrogens with zero attached hydrogens (tertiary/aromatic N) is 2. The van der Waals surface area contributed by atoms with Crippen LogP contribution in [0.15, 0.2) is 24.3 Å². The lowest BCUT2D eigenvalue weighted by Crippen LogP contribution is -2.70. The molecule has 1 unspecified atom stereocenters. The zero-order valence-electron chi connectivity index (χ0n) is 13.4. The van der Waals surface area contributed by atoms with Crippen molar-refractivity contribution in [2.45, 2.75) is 32.2 Å². The molecule has 0 saturated carbocycles. The fraction of sp³-hybridized carbons (Fsp3) is 0.438. The van der Waals surface area contributed by atoms with E-state index in [2.05, 4.69) is 10.1 Å². The lowest BCUT2D eigenvalue weighted by Gasteiger charge is -2.48. The minimum atomic E-state index is -2.93. The molecule has 3 rings (SSSR count). The van der Waals surface area contributed by atoms with Gasteiger partial charge in [-0.2, -0.15) is 8.78 Å². The molecular formula is C16H17F2N3O4. The molecule has 0 aromatic heterocycles. The monoisotopic (exact) mass is 353 g/mol. The van der Waals surface area contributed by atoms with Crippen molar-refractivity contribution < 1.29 is 27.9 Å². The van der Waals surface area contributed by atoms with Crippen LogP contribution >= 0.6 is 0 Å². The average molecular weight is 353 g/mol. The number of benzene rings is 1. The van der Waals surface area contributed by atoms with Crippen LogP contribution < -0.4 is 10.1 Å². The van der Waals surface area contributed by atoms with Gasteiger partial charge in [0.15, 0.2) is 0 Å². The third-order valence-corrected chi connectivity index (χ3v) is 4.38. The second-order valence-electron chi connectivity index (χ2n) is 5.85. The molecule has 0 bridgehead atoms. The van der Waals surface area contributed by atoms with E-state index in [-0.39, 0.29) is 43.0 Å². The van der Waals surface area contributed by atoms with Crippen LogP contribution in [0.5, 0.6) is 5.75 Å². The van der Waals surface area contributed by atoms with E-state index < -0.39 is 18.8 Å². The van der Waals surface area contributed by atoms with Gasteiger partial charge in [-0.15, -0.1) is 0 Å². The van der Waals surface area contributed by atoms with Crippen molar-refractivity contribution in [2.24, 2.45) is 0 Å². The standard InChI is InChI=1S/C16H17F2N3O4/c1-9-14(23)19-8-12-20(7-6-13(22)21(9)12)15(24)10-2-4-11(5-3-10)25-16(17)18/h2-5,9,12,16H,6-8H2,1H3,(H,19,23)/t9-,12?/m1/s1. The Balaban J connectivity index is 1.79. The number of piperazine rings is 1. The Morgan fingerprint density at radius 3 is 2.60 bits per heavy atom. The third-order valence-electron chi connectivity index (χ3n) is 4.38. The Labute approximate surface area is 142 Å². The molecule has 0 spiro atoms. The summed E-state index contributed by atoms with van der Waals surface area (Å²) in [6.45, 7) is -0.927. The van der Waals surface area contributed by atoms with Crippen molar-refractivity contribution in [3.05, 3.63) is 29.8 Å². The van der Waals surface area contributed by atoms with E-state index >= 15 is 0 Å². The number of fused-ring (bicyclic) bond motifs is 1. The predicted molar refractivity (Wildman–Crippen MR) is 81.8 cm³/mol. The molecule has 2 saturated heterocycles. The van der Waals surface area contributed by atoms with Crippen LogP contribution in [0.1, 0.15) is 23.7 Å². The summed E-state index contributed by atoms with van der Waals surface area (Å²) in [5.74, 6) is -0.806. The molecule has 134 valence electrons. The Morgan fingerprint density at radius 2 is 1.96 bits per heavy atom. The summed E-state index contributed by atoms with van der Waals surface area (Å²) in [5.41, 5.74) is 0.292. The molecular weight excluding hydrogens is 336 g/mol. The second kappa shape index (κ2) is 6.66. The number of ether oxygens (including phenoxy) is 1. The summed E-state index contributed by atoms with van der Waals surface area (Å²) in [4.78, 5) is 39.6. The Hall–Kier alpha value is -2.71. The van der Waals surface area contributed by atoms with E-state index in [4.69, 9.17) is 0 Å². The molecule has 0 aliphatic carbocycles. The van der Waals surface area contributed by atoms with Gasteiger partial charge < -0.3 is 19.9 Å². The van der Waals surface area contributed by atoms with Gasteiger partial charge in [-0.05, 0) is 31.2 Å². The highest BCUT2D eigenvalue weighted by Crippen LogP contribution is 2.24. The van der Waals surface area contributed by atoms with E-state index in [1.807, 2.05) is 0 Å². The number of hydrogen-bond donors (Lipinski definition) is 1. The number of rotatable bonds is 3. The van der Waals surface area contributed by atoms with Gasteiger partial charge in [0.2, 0.25) is 11.8 Å². The van der Waals surface area contributed by atoms with Crippen molar-refractivity contribution in [1.29, 1.82) is 0 Å². The first kappa shape index (κ1) is 17.1. The van der Waals surface area contributed by atoms with Gasteiger partial charge in [-0.3, -0.25) is 14.4 Å². The maximum Gasteiger partial charge on any atom is 0.387 e. The minimum absolute atomic E-state index is 0.0412. The zero-order valence-corrected chi connectivity index (χ0v) is 13.4. The number of halogens is 2. The van der Waals surface area contributed by atoms with Gasteiger partial charge >= 0.3 is 6.61 Å². The summed E-state index contributed by atoms with van der Waals surface area (Å²) in [6, 6.07) is 4.72. The van der Waals surface area contributed by atoms with Gasteiger partial charge in [0.05, 0.1) is 6.54 Å². The molecule has 0 radical (unpaired) electrons. The lowest BCUT2D eigenvalue weighted by molar-refractivity contribution is -0.155. The van der Waals surface area contributed by atoms with Gasteiger partial charge in [-0.25, -0.2) is 0 Å². The summed E-state index contributed by atoms with van der Waals surface area (Å²) in [5, 5.41) is 2.69. The number of alkyl halides is 2. The highest BCUT2D eigenvalue weighted by Gasteiger charge is 2.44. The first-order valence-corrected chi connectivity index (χ1v) is 7.83. The number of nitrogens with one attached hydrogen (secondary N) is 1. The summed E-state index contributed by atoms with van der Waals surface area (Å²) in [7, 11) is 0. The van der Waals surface area contributed by atoms with Gasteiger partial charge in [-0.1, -0.05) is 0 Å². The predicted octanol–water partition coefficient (Wildman–Crippen LogP) is 0.807. The Kier molecular flexibility index (Phi) is 4.56. The van der Waals surface area contributed by atoms with Gasteiger partial charge in [0.25, 0.3) is 5.91 Å². The highest BCUT2D eigenvalue weighted by atomic mass is 19.3. The zero-order chi connectivity index (χ0) is 18.1. The van der Waals surface area contributed by atoms with Crippen LogP contribution in [-0.2, 0) is 9.59 Å². The molecule has 2 aliphatic rings. The van der Waals surface area contributed by atoms with Crippen molar-refractivity contribution in [3.63, 3.8) is 0 Å². The van der Waals surface area contributed by atoms with Gasteiger partial charge in [0.1, 0.15) is 18.0 Å². The van der Waals surface area contributed by atoms with E-state index in [1.54, 1.807) is 6.92 Å². The molecule has 2 fully saturated rings. The highest BCUT2D eigenvalue weighted by molar-refractivity contribution is 5.97. The average Bonchev–Trinajstić information content (AvgIpc) is 2.58. The normalized spacial score (nSPS) is 23.4. The number of carbonyl (C=O) groups is 3. The topological polar surface area (TPSA) is 79.0 Å². The van der Waals surface area contributed by atoms with Crippen LogP contribution in [0.25, 0.3) is 0 Å². The smallest absolute Gasteiger partial charge is 0.387 e. The molecule has 1 aromatic rings. The van der Waals surface area contributed by atoms with Crippen molar-refractivity contribution >= 4 is 17.7 Å². The maximum atomic E-state index is 12.8. The second-order valence-corrected chi connectivity index (χ2v) is 5.85. The Bertz CT molecular complexity index is 695. The molecule has 1 aromatic carbocycles. The van der Waals surface area contributed by atoms with Crippen LogP contribution in [0.2, 0.25) is 0 Å². The van der Waals surface area contributed by atoms with Crippen LogP contribution in [0.4, 0.5) is 8.78 Å². The summed E-state index contributed by atoms with van der Waals surface area (Å²) >= 11 is 0. The summed E-state index contributed by atoms with van der Waals surface area (Å²) < 4.78 is 28.6. The first-order chi connectivity index (χ1) is 11.9. The molecule has 2 atom stereocenters. The molecule has 1 N–H and O–H groups in total. The summed E-state index contributed by atoms with van der Waals surface area (Å²) in [6.07, 6.45) is -0.426. The molecule has 9 heteroatoms. The number of carbonyl (C=O) groups excluding carboxylic acids is 3. The quantitative estimate of drug-likeness (QED) is 0.872. The third kappa shape index (κ3) is 3.26. The van der Waals surface area contributed by atoms with E-state index in [0.29, 0.717) is 5.56 Å². The molecule has 7 nitrogen and oxygen atoms in total. The minimum Gasteiger partial charge on any atom is -0.435 e. The lowest BCUT2D eigenvalue weighted by atomic mass is 10.1. The van der Waals surface area contributed by atoms with Crippen molar-refractivity contribution in [3.8, 4) is 5.75 Å². The fourth-order valence-corrected chi connectivity index (χ4v) is 3.14. The molecule has 25 heavy (non-hydrogen) atoms. The van der Waals surface area contributed by atoms with Gasteiger partial charge in [0, 0.05) is 18.5 Å². The van der Waals surface area contributed by atoms with E-state index in [9.17, 15) is 23.2 Å². The number of amides is 3. The number of hydrogen-bond acceptors (Lipinski definition) is 4. The van der Waals surface area contributed by atoms with E-state index in [1.165, 1.54) is 34.1 Å². The van der Waals surface area contributed by atoms with Crippen molar-refractivity contribution in [2.75, 3.05) is 13.1 Å². The van der Waals surface area contributed by atoms with Crippen LogP contribution in [0.3, 0.4) is 0 Å². The Morgan fingerprint density at radius 1 is 1.28 bits per heavy atom. The molecule has 2 heterocycles. The van der Waals surface area contributed by atoms with E-state index in [0.717, 1.165) is 0 Å².